The monoisotopic (exact) mass is 314 g/mol. The topological polar surface area (TPSA) is 74.6 Å². The van der Waals surface area contributed by atoms with Crippen molar-refractivity contribution in [3.63, 3.8) is 0 Å². The Labute approximate surface area is 150 Å². The van der Waals surface area contributed by atoms with Crippen molar-refractivity contribution in [2.24, 2.45) is 0 Å². The SMILES string of the molecule is CCCCCCCCCC(C(=O)O)(C(=O)O)c1ccccc1.[LiH]. The van der Waals surface area contributed by atoms with Crippen LogP contribution in [0, 0.1) is 0 Å². The quantitative estimate of drug-likeness (QED) is 0.372. The minimum absolute atomic E-state index is 0. The first-order chi connectivity index (χ1) is 10.6. The fourth-order valence-electron chi connectivity index (χ4n) is 2.77. The molecule has 0 aliphatic heterocycles. The van der Waals surface area contributed by atoms with Crippen LogP contribution in [0.3, 0.4) is 0 Å². The summed E-state index contributed by atoms with van der Waals surface area (Å²) in [7, 11) is 0. The second-order valence-electron chi connectivity index (χ2n) is 5.75. The molecule has 0 spiro atoms. The molecule has 0 fully saturated rings. The van der Waals surface area contributed by atoms with Crippen LogP contribution >= 0.6 is 0 Å². The van der Waals surface area contributed by atoms with Crippen molar-refractivity contribution in [3.05, 3.63) is 35.9 Å². The molecular formula is C18H27LiO4. The van der Waals surface area contributed by atoms with Crippen molar-refractivity contribution in [3.8, 4) is 0 Å². The fourth-order valence-corrected chi connectivity index (χ4v) is 2.77. The first kappa shape index (κ1) is 21.8. The molecule has 0 saturated heterocycles. The molecule has 0 unspecified atom stereocenters. The summed E-state index contributed by atoms with van der Waals surface area (Å²) in [5.41, 5.74) is -1.48. The predicted octanol–water partition coefficient (Wildman–Crippen LogP) is 3.59. The second-order valence-corrected chi connectivity index (χ2v) is 5.75. The fraction of sp³-hybridized carbons (Fsp3) is 0.556. The molecule has 4 nitrogen and oxygen atoms in total. The number of rotatable bonds is 11. The third-order valence-corrected chi connectivity index (χ3v) is 4.15. The van der Waals surface area contributed by atoms with Gasteiger partial charge in [0.2, 0.25) is 0 Å². The number of carboxylic acids is 2. The molecule has 0 heterocycles. The Morgan fingerprint density at radius 3 is 1.83 bits per heavy atom. The number of benzene rings is 1. The van der Waals surface area contributed by atoms with Crippen LogP contribution in [-0.4, -0.2) is 41.0 Å². The van der Waals surface area contributed by atoms with Crippen molar-refractivity contribution >= 4 is 30.8 Å². The van der Waals surface area contributed by atoms with E-state index in [1.807, 2.05) is 0 Å². The van der Waals surface area contributed by atoms with Gasteiger partial charge < -0.3 is 10.2 Å². The third-order valence-electron chi connectivity index (χ3n) is 4.15. The second kappa shape index (κ2) is 11.3. The van der Waals surface area contributed by atoms with Crippen LogP contribution in [0.1, 0.15) is 63.9 Å². The van der Waals surface area contributed by atoms with Gasteiger partial charge in [-0.15, -0.1) is 0 Å². The van der Waals surface area contributed by atoms with E-state index < -0.39 is 17.4 Å². The third kappa shape index (κ3) is 6.05. The Hall–Kier alpha value is -1.24. The van der Waals surface area contributed by atoms with Crippen LogP contribution in [0.4, 0.5) is 0 Å². The zero-order chi connectivity index (χ0) is 16.4. The summed E-state index contributed by atoms with van der Waals surface area (Å²) in [5.74, 6) is -2.56. The van der Waals surface area contributed by atoms with E-state index in [4.69, 9.17) is 0 Å². The van der Waals surface area contributed by atoms with E-state index >= 15 is 0 Å². The summed E-state index contributed by atoms with van der Waals surface area (Å²) in [6, 6.07) is 8.29. The van der Waals surface area contributed by atoms with E-state index in [1.165, 1.54) is 19.3 Å². The van der Waals surface area contributed by atoms with Crippen LogP contribution in [0.5, 0.6) is 0 Å². The number of carboxylic acid groups (broad SMARTS) is 2. The number of aliphatic carboxylic acids is 2. The van der Waals surface area contributed by atoms with Crippen molar-refractivity contribution in [2.75, 3.05) is 0 Å². The van der Waals surface area contributed by atoms with Crippen molar-refractivity contribution in [1.29, 1.82) is 0 Å². The van der Waals surface area contributed by atoms with E-state index in [-0.39, 0.29) is 25.3 Å². The predicted molar refractivity (Wildman–Crippen MR) is 93.2 cm³/mol. The van der Waals surface area contributed by atoms with Gasteiger partial charge in [0, 0.05) is 0 Å². The van der Waals surface area contributed by atoms with Crippen LogP contribution in [0.25, 0.3) is 0 Å². The molecule has 1 aromatic rings. The minimum atomic E-state index is -1.83. The van der Waals surface area contributed by atoms with E-state index in [2.05, 4.69) is 6.92 Å². The number of unbranched alkanes of at least 4 members (excludes halogenated alkanes) is 6. The summed E-state index contributed by atoms with van der Waals surface area (Å²) in [6.45, 7) is 2.16. The summed E-state index contributed by atoms with van der Waals surface area (Å²) >= 11 is 0. The summed E-state index contributed by atoms with van der Waals surface area (Å²) in [4.78, 5) is 23.4. The molecule has 23 heavy (non-hydrogen) atoms. The molecule has 0 aliphatic rings. The van der Waals surface area contributed by atoms with Gasteiger partial charge in [0.25, 0.3) is 0 Å². The van der Waals surface area contributed by atoms with Crippen molar-refractivity contribution in [2.45, 2.75) is 63.7 Å². The number of hydrogen-bond acceptors (Lipinski definition) is 2. The number of hydrogen-bond donors (Lipinski definition) is 2. The van der Waals surface area contributed by atoms with Gasteiger partial charge in [-0.25, -0.2) is 0 Å². The molecule has 1 aromatic carbocycles. The molecule has 0 atom stereocenters. The average molecular weight is 314 g/mol. The van der Waals surface area contributed by atoms with Gasteiger partial charge in [-0.3, -0.25) is 9.59 Å². The zero-order valence-corrected chi connectivity index (χ0v) is 13.3. The normalized spacial score (nSPS) is 10.8. The molecule has 2 N–H and O–H groups in total. The summed E-state index contributed by atoms with van der Waals surface area (Å²) in [6.07, 6.45) is 7.38. The van der Waals surface area contributed by atoms with E-state index in [1.54, 1.807) is 30.3 Å². The van der Waals surface area contributed by atoms with Crippen LogP contribution in [-0.2, 0) is 15.0 Å². The maximum absolute atomic E-state index is 11.7. The Kier molecular flexibility index (Phi) is 10.7. The van der Waals surface area contributed by atoms with E-state index in [0.29, 0.717) is 12.0 Å². The molecule has 124 valence electrons. The first-order valence-corrected chi connectivity index (χ1v) is 8.08. The van der Waals surface area contributed by atoms with Gasteiger partial charge >= 0.3 is 30.8 Å². The van der Waals surface area contributed by atoms with Gasteiger partial charge in [0.15, 0.2) is 5.41 Å². The van der Waals surface area contributed by atoms with Gasteiger partial charge in [-0.05, 0) is 12.0 Å². The van der Waals surface area contributed by atoms with E-state index in [0.717, 1.165) is 19.3 Å². The van der Waals surface area contributed by atoms with Gasteiger partial charge in [0.05, 0.1) is 0 Å². The van der Waals surface area contributed by atoms with Crippen molar-refractivity contribution < 1.29 is 19.8 Å². The Morgan fingerprint density at radius 1 is 0.870 bits per heavy atom. The Bertz CT molecular complexity index is 459. The van der Waals surface area contributed by atoms with E-state index in [9.17, 15) is 19.8 Å². The van der Waals surface area contributed by atoms with Gasteiger partial charge in [0.1, 0.15) is 0 Å². The molecular weight excluding hydrogens is 287 g/mol. The molecule has 0 saturated carbocycles. The van der Waals surface area contributed by atoms with Crippen LogP contribution in [0.15, 0.2) is 30.3 Å². The van der Waals surface area contributed by atoms with Crippen molar-refractivity contribution in [1.82, 2.24) is 0 Å². The first-order valence-electron chi connectivity index (χ1n) is 8.08. The molecule has 0 amide bonds. The molecule has 1 rings (SSSR count). The number of carbonyl (C=O) groups is 2. The van der Waals surface area contributed by atoms with Gasteiger partial charge in [-0.1, -0.05) is 82.2 Å². The molecule has 0 radical (unpaired) electrons. The summed E-state index contributed by atoms with van der Waals surface area (Å²) in [5, 5.41) is 19.1. The zero-order valence-electron chi connectivity index (χ0n) is 13.3. The molecule has 0 aromatic heterocycles. The van der Waals surface area contributed by atoms with Crippen LogP contribution < -0.4 is 0 Å². The Morgan fingerprint density at radius 2 is 1.35 bits per heavy atom. The maximum atomic E-state index is 11.7. The Balaban J connectivity index is 0.00000484. The van der Waals surface area contributed by atoms with Crippen LogP contribution in [0.2, 0.25) is 0 Å². The molecule has 0 bridgehead atoms. The standard InChI is InChI=1S/C18H26O4.Li.H/c1-2-3-4-5-6-7-11-14-18(16(19)20,17(21)22)15-12-9-8-10-13-15;;/h8-10,12-13H,2-7,11,14H2,1H3,(H,19,20)(H,21,22);;. The average Bonchev–Trinajstić information content (AvgIpc) is 2.50. The molecule has 0 aliphatic carbocycles. The van der Waals surface area contributed by atoms with Gasteiger partial charge in [-0.2, -0.15) is 0 Å². The molecule has 5 heteroatoms. The summed E-state index contributed by atoms with van der Waals surface area (Å²) < 4.78 is 0.